The maximum absolute atomic E-state index is 11.6. The average molecular weight is 240 g/mol. The molecule has 0 amide bonds. The van der Waals surface area contributed by atoms with Crippen molar-refractivity contribution in [1.82, 2.24) is 4.98 Å². The molecule has 0 saturated carbocycles. The van der Waals surface area contributed by atoms with Crippen LogP contribution in [-0.4, -0.2) is 27.6 Å². The smallest absolute Gasteiger partial charge is 0.144 e. The molecule has 0 saturated heterocycles. The third kappa shape index (κ3) is 3.83. The summed E-state index contributed by atoms with van der Waals surface area (Å²) in [4.78, 5) is 4.09. The number of nitrogens with zero attached hydrogens (tertiary/aromatic N) is 2. The minimum atomic E-state index is -1.25. The second-order valence-electron chi connectivity index (χ2n) is 4.22. The monoisotopic (exact) mass is 240 g/mol. The van der Waals surface area contributed by atoms with Gasteiger partial charge in [-0.2, -0.15) is 0 Å². The van der Waals surface area contributed by atoms with E-state index in [4.69, 9.17) is 4.74 Å². The first-order valence-corrected chi connectivity index (χ1v) is 6.00. The molecule has 5 heteroatoms. The Hall–Kier alpha value is -1.07. The molecule has 1 aromatic heterocycles. The van der Waals surface area contributed by atoms with Gasteiger partial charge in [0.1, 0.15) is 28.1 Å². The number of pyridine rings is 1. The van der Waals surface area contributed by atoms with Crippen molar-refractivity contribution in [3.8, 4) is 5.75 Å². The lowest BCUT2D eigenvalue weighted by Crippen LogP contribution is -2.25. The molecule has 0 bridgehead atoms. The highest BCUT2D eigenvalue weighted by Gasteiger charge is 2.25. The molecule has 0 aliphatic carbocycles. The van der Waals surface area contributed by atoms with E-state index in [-0.39, 0.29) is 4.75 Å². The Kier molecular flexibility index (Phi) is 4.32. The summed E-state index contributed by atoms with van der Waals surface area (Å²) >= 11 is -1.25. The maximum atomic E-state index is 11.6. The van der Waals surface area contributed by atoms with Crippen molar-refractivity contribution in [1.29, 1.82) is 0 Å². The minimum Gasteiger partial charge on any atom is -0.591 e. The Balaban J connectivity index is 2.69. The zero-order chi connectivity index (χ0) is 12.2. The maximum Gasteiger partial charge on any atom is 0.144 e. The lowest BCUT2D eigenvalue weighted by molar-refractivity contribution is 0.413. The van der Waals surface area contributed by atoms with Crippen molar-refractivity contribution in [3.63, 3.8) is 0 Å². The summed E-state index contributed by atoms with van der Waals surface area (Å²) in [5, 5.41) is 0. The van der Waals surface area contributed by atoms with Gasteiger partial charge >= 0.3 is 0 Å². The van der Waals surface area contributed by atoms with E-state index < -0.39 is 11.4 Å². The van der Waals surface area contributed by atoms with Gasteiger partial charge in [-0.25, -0.2) is 0 Å². The number of rotatable bonds is 3. The predicted octanol–water partition coefficient (Wildman–Crippen LogP) is 1.97. The molecule has 1 aromatic rings. The number of hydrogen-bond donors (Lipinski definition) is 0. The predicted molar refractivity (Wildman–Crippen MR) is 66.3 cm³/mol. The van der Waals surface area contributed by atoms with Crippen molar-refractivity contribution < 1.29 is 9.29 Å². The quantitative estimate of drug-likeness (QED) is 0.599. The summed E-state index contributed by atoms with van der Waals surface area (Å²) in [5.74, 6) is 0.689. The van der Waals surface area contributed by atoms with Gasteiger partial charge in [-0.3, -0.25) is 4.98 Å². The molecule has 1 atom stereocenters. The highest BCUT2D eigenvalue weighted by atomic mass is 32.2. The molecule has 0 aliphatic heterocycles. The highest BCUT2D eigenvalue weighted by molar-refractivity contribution is 7.91. The van der Waals surface area contributed by atoms with Crippen LogP contribution in [0.5, 0.6) is 5.75 Å². The molecular weight excluding hydrogens is 224 g/mol. The molecule has 0 fully saturated rings. The van der Waals surface area contributed by atoms with Crippen molar-refractivity contribution in [2.24, 2.45) is 4.40 Å². The van der Waals surface area contributed by atoms with Gasteiger partial charge in [-0.1, -0.05) is 4.40 Å². The van der Waals surface area contributed by atoms with Gasteiger partial charge in [0, 0.05) is 0 Å². The van der Waals surface area contributed by atoms with Crippen molar-refractivity contribution in [2.45, 2.75) is 25.5 Å². The zero-order valence-electron chi connectivity index (χ0n) is 9.93. The summed E-state index contributed by atoms with van der Waals surface area (Å²) in [5.41, 5.74) is 0.665. The first kappa shape index (κ1) is 13.0. The van der Waals surface area contributed by atoms with Gasteiger partial charge in [0.2, 0.25) is 0 Å². The molecule has 0 spiro atoms. The summed E-state index contributed by atoms with van der Waals surface area (Å²) < 4.78 is 20.2. The minimum absolute atomic E-state index is 0.344. The van der Waals surface area contributed by atoms with Crippen molar-refractivity contribution in [3.05, 3.63) is 24.0 Å². The molecule has 0 aromatic carbocycles. The molecule has 0 radical (unpaired) electrons. The fourth-order valence-electron chi connectivity index (χ4n) is 0.849. The lowest BCUT2D eigenvalue weighted by Gasteiger charge is -2.17. The topological polar surface area (TPSA) is 57.5 Å². The molecular formula is C11H16N2O2S. The van der Waals surface area contributed by atoms with Gasteiger partial charge in [-0.05, 0) is 32.9 Å². The van der Waals surface area contributed by atoms with Crippen molar-refractivity contribution >= 4 is 17.6 Å². The van der Waals surface area contributed by atoms with Crippen LogP contribution in [0.1, 0.15) is 26.5 Å². The van der Waals surface area contributed by atoms with Crippen LogP contribution in [0.15, 0.2) is 22.7 Å². The SMILES string of the molecule is COc1ccc(/C=N/[S@+]([O-])C(C)(C)C)nc1. The average Bonchev–Trinajstić information content (AvgIpc) is 2.25. The van der Waals surface area contributed by atoms with E-state index in [1.165, 1.54) is 6.21 Å². The first-order valence-electron chi connectivity index (χ1n) is 4.89. The van der Waals surface area contributed by atoms with E-state index in [0.717, 1.165) is 0 Å². The Morgan fingerprint density at radius 2 is 2.12 bits per heavy atom. The third-order valence-electron chi connectivity index (χ3n) is 1.80. The van der Waals surface area contributed by atoms with E-state index in [2.05, 4.69) is 9.38 Å². The molecule has 88 valence electrons. The molecule has 0 N–H and O–H groups in total. The number of ether oxygens (including phenoxy) is 1. The Morgan fingerprint density at radius 1 is 1.44 bits per heavy atom. The first-order chi connectivity index (χ1) is 7.43. The van der Waals surface area contributed by atoms with Gasteiger partial charge < -0.3 is 9.29 Å². The van der Waals surface area contributed by atoms with E-state index in [9.17, 15) is 4.55 Å². The fourth-order valence-corrected chi connectivity index (χ4v) is 1.37. The Labute approximate surface area is 99.1 Å². The summed E-state index contributed by atoms with van der Waals surface area (Å²) in [6.45, 7) is 5.63. The van der Waals surface area contributed by atoms with Crippen LogP contribution in [0.3, 0.4) is 0 Å². The van der Waals surface area contributed by atoms with Gasteiger partial charge in [0.05, 0.1) is 19.0 Å². The van der Waals surface area contributed by atoms with E-state index >= 15 is 0 Å². The molecule has 0 unspecified atom stereocenters. The number of methoxy groups -OCH3 is 1. The van der Waals surface area contributed by atoms with Crippen LogP contribution in [-0.2, 0) is 11.4 Å². The Bertz CT molecular complexity index is 357. The molecule has 0 aliphatic rings. The second-order valence-corrected chi connectivity index (χ2v) is 6.15. The van der Waals surface area contributed by atoms with Crippen LogP contribution in [0, 0.1) is 0 Å². The Morgan fingerprint density at radius 3 is 2.56 bits per heavy atom. The highest BCUT2D eigenvalue weighted by Crippen LogP contribution is 2.16. The van der Waals surface area contributed by atoms with Crippen LogP contribution in [0.25, 0.3) is 0 Å². The molecule has 16 heavy (non-hydrogen) atoms. The van der Waals surface area contributed by atoms with Crippen LogP contribution >= 0.6 is 0 Å². The fraction of sp³-hybridized carbons (Fsp3) is 0.455. The normalized spacial score (nSPS) is 14.1. The largest absolute Gasteiger partial charge is 0.591 e. The summed E-state index contributed by atoms with van der Waals surface area (Å²) in [7, 11) is 1.58. The molecule has 1 heterocycles. The zero-order valence-corrected chi connectivity index (χ0v) is 10.7. The molecule has 4 nitrogen and oxygen atoms in total. The molecule has 1 rings (SSSR count). The number of aromatic nitrogens is 1. The van der Waals surface area contributed by atoms with E-state index in [0.29, 0.717) is 11.4 Å². The second kappa shape index (κ2) is 5.32. The summed E-state index contributed by atoms with van der Waals surface area (Å²) in [6, 6.07) is 3.55. The van der Waals surface area contributed by atoms with Crippen LogP contribution in [0.2, 0.25) is 0 Å². The van der Waals surface area contributed by atoms with E-state index in [1.54, 1.807) is 25.4 Å². The summed E-state index contributed by atoms with van der Waals surface area (Å²) in [6.07, 6.45) is 3.11. The van der Waals surface area contributed by atoms with Crippen molar-refractivity contribution in [2.75, 3.05) is 7.11 Å². The standard InChI is InChI=1S/C11H16N2O2S/c1-11(2,3)16(14)13-7-9-5-6-10(15-4)8-12-9/h5-8H,1-4H3/b13-7+/t16-/m1/s1. The van der Waals surface area contributed by atoms with Crippen LogP contribution in [0.4, 0.5) is 0 Å². The van der Waals surface area contributed by atoms with Crippen LogP contribution < -0.4 is 4.74 Å². The van der Waals surface area contributed by atoms with E-state index in [1.807, 2.05) is 20.8 Å². The van der Waals surface area contributed by atoms with Gasteiger partial charge in [0.25, 0.3) is 0 Å². The van der Waals surface area contributed by atoms with Gasteiger partial charge in [-0.15, -0.1) is 0 Å². The third-order valence-corrected chi connectivity index (χ3v) is 3.14. The van der Waals surface area contributed by atoms with Gasteiger partial charge in [0.15, 0.2) is 0 Å². The number of hydrogen-bond acceptors (Lipinski definition) is 4. The lowest BCUT2D eigenvalue weighted by atomic mass is 10.3.